The molecule has 0 radical (unpaired) electrons. The van der Waals surface area contributed by atoms with E-state index in [0.717, 1.165) is 40.6 Å². The Hall–Kier alpha value is -3.06. The van der Waals surface area contributed by atoms with Crippen LogP contribution in [0.3, 0.4) is 0 Å². The van der Waals surface area contributed by atoms with Gasteiger partial charge in [0.2, 0.25) is 0 Å². The fourth-order valence-corrected chi connectivity index (χ4v) is 3.86. The summed E-state index contributed by atoms with van der Waals surface area (Å²) in [4.78, 5) is 37.3. The molecule has 6 nitrogen and oxygen atoms in total. The summed E-state index contributed by atoms with van der Waals surface area (Å²) in [5, 5.41) is 1.88. The van der Waals surface area contributed by atoms with Crippen LogP contribution < -0.4 is 10.1 Å². The molecule has 1 saturated heterocycles. The van der Waals surface area contributed by atoms with Crippen LogP contribution >= 0.6 is 11.8 Å². The van der Waals surface area contributed by atoms with Gasteiger partial charge in [-0.25, -0.2) is 0 Å². The molecule has 7 heteroatoms. The summed E-state index contributed by atoms with van der Waals surface area (Å²) in [5.41, 5.74) is 2.69. The topological polar surface area (TPSA) is 75.7 Å². The smallest absolute Gasteiger partial charge is 0.290 e. The standard InChI is InChI=1S/C21H18N2O4S/c24-19-18(28-21(26)22-19)12-14-6-8-16(9-7-14)27-11-3-10-23-13-15-4-1-2-5-17(15)20(23)25/h1-2,4-9,12H,3,10-11,13H2,(H,22,24,26). The van der Waals surface area contributed by atoms with Gasteiger partial charge in [-0.2, -0.15) is 0 Å². The summed E-state index contributed by atoms with van der Waals surface area (Å²) < 4.78 is 5.74. The molecule has 2 aliphatic heterocycles. The Morgan fingerprint density at radius 1 is 1.07 bits per heavy atom. The lowest BCUT2D eigenvalue weighted by atomic mass is 10.1. The van der Waals surface area contributed by atoms with Crippen molar-refractivity contribution in [3.8, 4) is 5.75 Å². The maximum Gasteiger partial charge on any atom is 0.290 e. The summed E-state index contributed by atoms with van der Waals surface area (Å²) in [7, 11) is 0. The molecule has 2 aromatic rings. The van der Waals surface area contributed by atoms with Gasteiger partial charge in [-0.1, -0.05) is 30.3 Å². The zero-order valence-corrected chi connectivity index (χ0v) is 15.8. The number of carbonyl (C=O) groups is 3. The molecule has 2 heterocycles. The predicted molar refractivity (Wildman–Crippen MR) is 107 cm³/mol. The van der Waals surface area contributed by atoms with Crippen molar-refractivity contribution < 1.29 is 19.1 Å². The second-order valence-corrected chi connectivity index (χ2v) is 7.52. The number of ether oxygens (including phenoxy) is 1. The first-order valence-electron chi connectivity index (χ1n) is 8.95. The molecule has 2 aromatic carbocycles. The quantitative estimate of drug-likeness (QED) is 0.600. The Balaban J connectivity index is 1.25. The summed E-state index contributed by atoms with van der Waals surface area (Å²) in [6.45, 7) is 1.82. The van der Waals surface area contributed by atoms with Crippen LogP contribution in [0.4, 0.5) is 4.79 Å². The first-order chi connectivity index (χ1) is 13.6. The fraction of sp³-hybridized carbons (Fsp3) is 0.190. The number of thioether (sulfide) groups is 1. The van der Waals surface area contributed by atoms with E-state index in [1.165, 1.54) is 0 Å². The third-order valence-corrected chi connectivity index (χ3v) is 5.37. The van der Waals surface area contributed by atoms with E-state index in [0.29, 0.717) is 24.6 Å². The van der Waals surface area contributed by atoms with Crippen molar-refractivity contribution in [2.45, 2.75) is 13.0 Å². The van der Waals surface area contributed by atoms with Gasteiger partial charge in [0.05, 0.1) is 11.5 Å². The van der Waals surface area contributed by atoms with Crippen molar-refractivity contribution in [1.82, 2.24) is 10.2 Å². The molecular weight excluding hydrogens is 376 g/mol. The second-order valence-electron chi connectivity index (χ2n) is 6.51. The number of benzene rings is 2. The summed E-state index contributed by atoms with van der Waals surface area (Å²) >= 11 is 0.895. The zero-order valence-electron chi connectivity index (χ0n) is 15.0. The van der Waals surface area contributed by atoms with E-state index in [1.54, 1.807) is 6.08 Å². The molecule has 0 spiro atoms. The first-order valence-corrected chi connectivity index (χ1v) is 9.77. The van der Waals surface area contributed by atoms with Crippen molar-refractivity contribution in [2.75, 3.05) is 13.2 Å². The highest BCUT2D eigenvalue weighted by Gasteiger charge is 2.26. The average Bonchev–Trinajstić information content (AvgIpc) is 3.19. The first kappa shape index (κ1) is 18.3. The summed E-state index contributed by atoms with van der Waals surface area (Å²) in [6.07, 6.45) is 2.41. The van der Waals surface area contributed by atoms with E-state index in [-0.39, 0.29) is 17.1 Å². The lowest BCUT2D eigenvalue weighted by molar-refractivity contribution is -0.115. The molecule has 1 N–H and O–H groups in total. The van der Waals surface area contributed by atoms with Gasteiger partial charge in [0.1, 0.15) is 5.75 Å². The van der Waals surface area contributed by atoms with E-state index < -0.39 is 0 Å². The number of hydrogen-bond acceptors (Lipinski definition) is 5. The average molecular weight is 394 g/mol. The summed E-state index contributed by atoms with van der Waals surface area (Å²) in [5.74, 6) is 0.437. The fourth-order valence-electron chi connectivity index (χ4n) is 3.17. The highest BCUT2D eigenvalue weighted by Crippen LogP contribution is 2.26. The van der Waals surface area contributed by atoms with Crippen LogP contribution in [0.15, 0.2) is 53.4 Å². The Bertz CT molecular complexity index is 969. The van der Waals surface area contributed by atoms with E-state index in [2.05, 4.69) is 5.32 Å². The van der Waals surface area contributed by atoms with Gasteiger partial charge in [0.15, 0.2) is 0 Å². The lowest BCUT2D eigenvalue weighted by Crippen LogP contribution is -2.26. The van der Waals surface area contributed by atoms with Gasteiger partial charge in [0, 0.05) is 18.7 Å². The van der Waals surface area contributed by atoms with E-state index in [9.17, 15) is 14.4 Å². The van der Waals surface area contributed by atoms with E-state index >= 15 is 0 Å². The molecule has 2 aliphatic rings. The number of rotatable bonds is 6. The van der Waals surface area contributed by atoms with Gasteiger partial charge >= 0.3 is 0 Å². The van der Waals surface area contributed by atoms with Crippen LogP contribution in [0.25, 0.3) is 6.08 Å². The minimum Gasteiger partial charge on any atom is -0.494 e. The summed E-state index contributed by atoms with van der Waals surface area (Å²) in [6, 6.07) is 15.0. The van der Waals surface area contributed by atoms with Crippen LogP contribution in [0.2, 0.25) is 0 Å². The number of amides is 3. The molecule has 0 bridgehead atoms. The van der Waals surface area contributed by atoms with Crippen molar-refractivity contribution >= 4 is 34.9 Å². The van der Waals surface area contributed by atoms with Gasteiger partial charge in [-0.15, -0.1) is 0 Å². The molecule has 0 aromatic heterocycles. The van der Waals surface area contributed by atoms with Crippen molar-refractivity contribution in [3.05, 3.63) is 70.1 Å². The van der Waals surface area contributed by atoms with E-state index in [4.69, 9.17) is 4.74 Å². The predicted octanol–water partition coefficient (Wildman–Crippen LogP) is 3.44. The lowest BCUT2D eigenvalue weighted by Gasteiger charge is -2.15. The molecule has 28 heavy (non-hydrogen) atoms. The zero-order chi connectivity index (χ0) is 19.5. The normalized spacial score (nSPS) is 17.2. The minimum atomic E-state index is -0.367. The maximum absolute atomic E-state index is 12.3. The Kier molecular flexibility index (Phi) is 5.16. The van der Waals surface area contributed by atoms with Crippen molar-refractivity contribution in [2.24, 2.45) is 0 Å². The number of imide groups is 1. The van der Waals surface area contributed by atoms with Crippen LogP contribution in [-0.4, -0.2) is 35.1 Å². The molecule has 0 atom stereocenters. The number of nitrogens with zero attached hydrogens (tertiary/aromatic N) is 1. The van der Waals surface area contributed by atoms with E-state index in [1.807, 2.05) is 53.4 Å². The maximum atomic E-state index is 12.3. The highest BCUT2D eigenvalue weighted by molar-refractivity contribution is 8.18. The third kappa shape index (κ3) is 3.94. The molecule has 0 saturated carbocycles. The highest BCUT2D eigenvalue weighted by atomic mass is 32.2. The van der Waals surface area contributed by atoms with Crippen LogP contribution in [0.5, 0.6) is 5.75 Å². The largest absolute Gasteiger partial charge is 0.494 e. The van der Waals surface area contributed by atoms with Crippen LogP contribution in [-0.2, 0) is 11.3 Å². The number of hydrogen-bond donors (Lipinski definition) is 1. The molecule has 0 aliphatic carbocycles. The molecule has 4 rings (SSSR count). The monoisotopic (exact) mass is 394 g/mol. The number of fused-ring (bicyclic) bond motifs is 1. The molecule has 0 unspecified atom stereocenters. The van der Waals surface area contributed by atoms with Gasteiger partial charge in [-0.3, -0.25) is 19.7 Å². The van der Waals surface area contributed by atoms with Gasteiger partial charge in [-0.05, 0) is 53.6 Å². The number of carbonyl (C=O) groups excluding carboxylic acids is 3. The Morgan fingerprint density at radius 3 is 2.57 bits per heavy atom. The van der Waals surface area contributed by atoms with Gasteiger partial charge in [0.25, 0.3) is 17.1 Å². The minimum absolute atomic E-state index is 0.0836. The van der Waals surface area contributed by atoms with Gasteiger partial charge < -0.3 is 9.64 Å². The van der Waals surface area contributed by atoms with Crippen molar-refractivity contribution in [3.63, 3.8) is 0 Å². The van der Waals surface area contributed by atoms with Crippen LogP contribution in [0.1, 0.15) is 27.9 Å². The molecule has 142 valence electrons. The second kappa shape index (κ2) is 7.90. The number of nitrogens with one attached hydrogen (secondary N) is 1. The molecule has 3 amide bonds. The molecule has 1 fully saturated rings. The Labute approximate surface area is 166 Å². The molecular formula is C21H18N2O4S. The third-order valence-electron chi connectivity index (χ3n) is 4.56. The van der Waals surface area contributed by atoms with Crippen molar-refractivity contribution in [1.29, 1.82) is 0 Å². The van der Waals surface area contributed by atoms with Crippen LogP contribution in [0, 0.1) is 0 Å². The Morgan fingerprint density at radius 2 is 1.86 bits per heavy atom. The SMILES string of the molecule is O=C1NC(=O)C(=Cc2ccc(OCCCN3Cc4ccccc4C3=O)cc2)S1.